The van der Waals surface area contributed by atoms with Gasteiger partial charge >= 0.3 is 6.09 Å². The first kappa shape index (κ1) is 36.9. The number of primary amides is 1. The molecule has 10 nitrogen and oxygen atoms in total. The van der Waals surface area contributed by atoms with E-state index in [0.717, 1.165) is 31.4 Å². The number of rotatable bonds is 16. The molecule has 0 spiro atoms. The lowest BCUT2D eigenvalue weighted by atomic mass is 10.0. The Morgan fingerprint density at radius 2 is 1.50 bits per heavy atom. The highest BCUT2D eigenvalue weighted by atomic mass is 79.9. The number of amides is 3. The normalized spacial score (nSPS) is 14.2. The number of aromatic amines is 1. The zero-order valence-corrected chi connectivity index (χ0v) is 30.3. The van der Waals surface area contributed by atoms with Crippen LogP contribution in [0.3, 0.4) is 0 Å². The molecule has 2 unspecified atom stereocenters. The number of H-pyrrole nitrogens is 1. The number of alkyl carbamates (subject to hydrolysis) is 1. The molecular formula is C37H38BrN4O6PS. The maximum atomic E-state index is 14.3. The molecule has 260 valence electrons. The van der Waals surface area contributed by atoms with Gasteiger partial charge in [0.2, 0.25) is 19.2 Å². The molecular weight excluding hydrogens is 739 g/mol. The Balaban J connectivity index is 1.37. The summed E-state index contributed by atoms with van der Waals surface area (Å²) in [6.45, 7) is -0.0288. The van der Waals surface area contributed by atoms with Gasteiger partial charge < -0.3 is 31.0 Å². The van der Waals surface area contributed by atoms with Crippen molar-refractivity contribution in [3.05, 3.63) is 137 Å². The maximum Gasteiger partial charge on any atom is 0.408 e. The Morgan fingerprint density at radius 1 is 0.860 bits per heavy atom. The van der Waals surface area contributed by atoms with Gasteiger partial charge in [-0.2, -0.15) is 0 Å². The minimum absolute atomic E-state index is 0.0191. The molecule has 13 heteroatoms. The van der Waals surface area contributed by atoms with Crippen LogP contribution in [0.15, 0.2) is 125 Å². The van der Waals surface area contributed by atoms with Crippen molar-refractivity contribution in [2.24, 2.45) is 11.7 Å². The smallest absolute Gasteiger partial charge is 0.408 e. The van der Waals surface area contributed by atoms with Gasteiger partial charge in [-0.25, -0.2) is 4.79 Å². The highest BCUT2D eigenvalue weighted by Crippen LogP contribution is 2.49. The third-order valence-corrected chi connectivity index (χ3v) is 12.6. The van der Waals surface area contributed by atoms with Crippen molar-refractivity contribution in [2.75, 3.05) is 11.9 Å². The summed E-state index contributed by atoms with van der Waals surface area (Å²) >= 11 is 4.85. The summed E-state index contributed by atoms with van der Waals surface area (Å²) in [5, 5.41) is 6.27. The van der Waals surface area contributed by atoms with Crippen molar-refractivity contribution in [1.29, 1.82) is 0 Å². The van der Waals surface area contributed by atoms with Crippen molar-refractivity contribution in [3.63, 3.8) is 0 Å². The van der Waals surface area contributed by atoms with Crippen molar-refractivity contribution in [3.8, 4) is 0 Å². The van der Waals surface area contributed by atoms with Crippen molar-refractivity contribution >= 4 is 63.9 Å². The lowest BCUT2D eigenvalue weighted by Crippen LogP contribution is -2.49. The third-order valence-electron chi connectivity index (χ3n) is 8.14. The van der Waals surface area contributed by atoms with Crippen molar-refractivity contribution in [2.45, 2.75) is 36.2 Å². The average molecular weight is 778 g/mol. The molecule has 1 aromatic heterocycles. The minimum Gasteiger partial charge on any atom is -0.445 e. The van der Waals surface area contributed by atoms with Crippen molar-refractivity contribution < 1.29 is 28.6 Å². The van der Waals surface area contributed by atoms with E-state index in [9.17, 15) is 23.8 Å². The van der Waals surface area contributed by atoms with Gasteiger partial charge in [0.15, 0.2) is 0 Å². The lowest BCUT2D eigenvalue weighted by molar-refractivity contribution is -0.129. The first-order chi connectivity index (χ1) is 24.1. The van der Waals surface area contributed by atoms with Crippen LogP contribution in [-0.2, 0) is 38.3 Å². The number of aromatic nitrogens is 1. The summed E-state index contributed by atoms with van der Waals surface area (Å²) in [7, 11) is -4.34. The van der Waals surface area contributed by atoms with Crippen LogP contribution in [0, 0.1) is 5.92 Å². The molecule has 4 atom stereocenters. The topological polar surface area (TPSA) is 164 Å². The van der Waals surface area contributed by atoms with Gasteiger partial charge in [-0.05, 0) is 50.8 Å². The molecule has 1 heterocycles. The largest absolute Gasteiger partial charge is 0.445 e. The van der Waals surface area contributed by atoms with Gasteiger partial charge in [-0.3, -0.25) is 14.2 Å². The predicted molar refractivity (Wildman–Crippen MR) is 200 cm³/mol. The molecule has 0 aliphatic carbocycles. The number of carbonyl (C=O) groups excluding carboxylic acids is 3. The summed E-state index contributed by atoms with van der Waals surface area (Å²) in [5.74, 6) is -3.55. The molecule has 0 bridgehead atoms. The van der Waals surface area contributed by atoms with Crippen LogP contribution in [0.4, 0.5) is 4.79 Å². The van der Waals surface area contributed by atoms with Gasteiger partial charge in [0, 0.05) is 51.2 Å². The van der Waals surface area contributed by atoms with E-state index in [2.05, 4.69) is 31.5 Å². The first-order valence-corrected chi connectivity index (χ1v) is 19.6. The molecule has 6 N–H and O–H groups in total. The Labute approximate surface area is 303 Å². The number of ether oxygens (including phenoxy) is 1. The third kappa shape index (κ3) is 10.3. The monoisotopic (exact) mass is 776 g/mol. The zero-order chi connectivity index (χ0) is 35.5. The Morgan fingerprint density at radius 3 is 2.20 bits per heavy atom. The lowest BCUT2D eigenvalue weighted by Gasteiger charge is -2.28. The number of hydrogen-bond acceptors (Lipinski definition) is 6. The summed E-state index contributed by atoms with van der Waals surface area (Å²) in [6, 6.07) is 32.0. The molecule has 5 rings (SSSR count). The minimum atomic E-state index is -4.34. The van der Waals surface area contributed by atoms with Crippen LogP contribution in [0.1, 0.15) is 16.7 Å². The van der Waals surface area contributed by atoms with Crippen LogP contribution in [0.5, 0.6) is 0 Å². The molecule has 0 aliphatic heterocycles. The second-order valence-corrected chi connectivity index (χ2v) is 16.2. The van der Waals surface area contributed by atoms with Crippen LogP contribution in [-0.4, -0.2) is 51.5 Å². The van der Waals surface area contributed by atoms with Gasteiger partial charge in [0.05, 0.1) is 5.92 Å². The van der Waals surface area contributed by atoms with E-state index in [1.807, 2.05) is 72.8 Å². The number of thioether (sulfide) groups is 1. The molecule has 5 aromatic rings. The van der Waals surface area contributed by atoms with Crippen molar-refractivity contribution in [1.82, 2.24) is 15.6 Å². The van der Waals surface area contributed by atoms with E-state index in [0.29, 0.717) is 5.56 Å². The second-order valence-electron chi connectivity index (χ2n) is 11.8. The van der Waals surface area contributed by atoms with Gasteiger partial charge in [-0.15, -0.1) is 11.8 Å². The molecule has 3 amide bonds. The van der Waals surface area contributed by atoms with Gasteiger partial charge in [0.1, 0.15) is 18.4 Å². The van der Waals surface area contributed by atoms with Crippen LogP contribution in [0.2, 0.25) is 0 Å². The first-order valence-electron chi connectivity index (χ1n) is 15.9. The summed E-state index contributed by atoms with van der Waals surface area (Å²) in [4.78, 5) is 55.3. The molecule has 0 fully saturated rings. The standard InChI is InChI=1S/C37H38BrN4O6PS/c38-30-16-8-10-18-33(30)50-24-28(36(44)41-32(35(39)43)20-27-21-40-31-17-9-7-15-29(27)31)23-49(46,47)34(19-25-11-3-1-4-12-25)42-37(45)48-22-26-13-5-2-6-14-26/h1-18,21,28,32,34,40H,19-20,22-24H2,(H2,39,43)(H,41,44)(H,42,45)(H,46,47)/t28?,32-,34+/m0/s1. The molecule has 0 saturated carbocycles. The van der Waals surface area contributed by atoms with E-state index in [-0.39, 0.29) is 25.2 Å². The van der Waals surface area contributed by atoms with E-state index in [1.54, 1.807) is 42.6 Å². The zero-order valence-electron chi connectivity index (χ0n) is 27.0. The number of benzene rings is 4. The molecule has 4 aromatic carbocycles. The van der Waals surface area contributed by atoms with Crippen LogP contribution in [0.25, 0.3) is 10.9 Å². The number of hydrogen-bond donors (Lipinski definition) is 5. The second kappa shape index (κ2) is 17.5. The number of para-hydroxylation sites is 1. The fourth-order valence-electron chi connectivity index (χ4n) is 5.47. The van der Waals surface area contributed by atoms with E-state index >= 15 is 0 Å². The summed E-state index contributed by atoms with van der Waals surface area (Å²) in [5.41, 5.74) is 8.91. The molecule has 50 heavy (non-hydrogen) atoms. The SMILES string of the molecule is NC(=O)[C@H](Cc1c[nH]c2ccccc12)NC(=O)C(CSc1ccccc1Br)CP(=O)(O)[C@H](Cc1ccccc1)NC(=O)OCc1ccccc1. The predicted octanol–water partition coefficient (Wildman–Crippen LogP) is 6.62. The van der Waals surface area contributed by atoms with Crippen LogP contribution < -0.4 is 16.4 Å². The number of carbonyl (C=O) groups is 3. The van der Waals surface area contributed by atoms with E-state index in [1.165, 1.54) is 11.8 Å². The molecule has 0 radical (unpaired) electrons. The number of nitrogens with one attached hydrogen (secondary N) is 3. The molecule has 0 saturated heterocycles. The van der Waals surface area contributed by atoms with E-state index < -0.39 is 49.2 Å². The summed E-state index contributed by atoms with van der Waals surface area (Å²) < 4.78 is 20.5. The highest BCUT2D eigenvalue weighted by Gasteiger charge is 2.38. The Hall–Kier alpha value is -4.35. The fraction of sp³-hybridized carbons (Fsp3) is 0.216. The Bertz CT molecular complexity index is 1960. The number of fused-ring (bicyclic) bond motifs is 1. The van der Waals surface area contributed by atoms with Gasteiger partial charge in [0.25, 0.3) is 0 Å². The number of nitrogens with two attached hydrogens (primary N) is 1. The van der Waals surface area contributed by atoms with Crippen LogP contribution >= 0.6 is 35.1 Å². The Kier molecular flexibility index (Phi) is 12.9. The molecule has 0 aliphatic rings. The number of halogens is 1. The van der Waals surface area contributed by atoms with E-state index in [4.69, 9.17) is 10.5 Å². The quantitative estimate of drug-likeness (QED) is 0.0556. The fourth-order valence-corrected chi connectivity index (χ4v) is 9.29. The summed E-state index contributed by atoms with van der Waals surface area (Å²) in [6.07, 6.45) is 0.569. The average Bonchev–Trinajstić information content (AvgIpc) is 3.52. The van der Waals surface area contributed by atoms with Gasteiger partial charge in [-0.1, -0.05) is 91.0 Å². The maximum absolute atomic E-state index is 14.3. The highest BCUT2D eigenvalue weighted by molar-refractivity contribution is 9.10.